The monoisotopic (exact) mass is 314 g/mol. The molecule has 0 bridgehead atoms. The summed E-state index contributed by atoms with van der Waals surface area (Å²) in [6.07, 6.45) is 4.82. The third-order valence-electron chi connectivity index (χ3n) is 2.03. The highest BCUT2D eigenvalue weighted by Crippen LogP contribution is 2.22. The first kappa shape index (κ1) is 14.8. The predicted octanol–water partition coefficient (Wildman–Crippen LogP) is 2.50. The molecule has 6 heteroatoms. The molecule has 0 aromatic carbocycles. The van der Waals surface area contributed by atoms with Crippen LogP contribution in [0, 0.1) is 0 Å². The van der Waals surface area contributed by atoms with E-state index in [2.05, 4.69) is 40.1 Å². The fourth-order valence-electron chi connectivity index (χ4n) is 1.38. The van der Waals surface area contributed by atoms with E-state index in [9.17, 15) is 0 Å². The Kier molecular flexibility index (Phi) is 5.94. The molecular weight excluding hydrogens is 296 g/mol. The molecule has 0 saturated heterocycles. The zero-order valence-electron chi connectivity index (χ0n) is 10.7. The van der Waals surface area contributed by atoms with E-state index in [1.54, 1.807) is 12.3 Å². The van der Waals surface area contributed by atoms with E-state index < -0.39 is 0 Å². The molecule has 2 aromatic heterocycles. The van der Waals surface area contributed by atoms with E-state index in [1.807, 2.05) is 10.6 Å². The second-order valence-corrected chi connectivity index (χ2v) is 4.63. The third kappa shape index (κ3) is 3.61. The first-order valence-corrected chi connectivity index (χ1v) is 6.70. The van der Waals surface area contributed by atoms with Gasteiger partial charge < -0.3 is 16.2 Å². The van der Waals surface area contributed by atoms with Crippen molar-refractivity contribution in [2.24, 2.45) is 0 Å². The Morgan fingerprint density at radius 2 is 2.17 bits per heavy atom. The number of aliphatic hydroxyl groups excluding tert-OH is 1. The summed E-state index contributed by atoms with van der Waals surface area (Å²) in [7, 11) is 0. The minimum atomic E-state index is 0.0863. The summed E-state index contributed by atoms with van der Waals surface area (Å²) in [5.41, 5.74) is 8.01. The fourth-order valence-corrected chi connectivity index (χ4v) is 1.75. The summed E-state index contributed by atoms with van der Waals surface area (Å²) in [5.74, 6) is 0. The number of nitrogens with zero attached hydrogens (tertiary/aromatic N) is 2. The predicted molar refractivity (Wildman–Crippen MR) is 78.8 cm³/mol. The van der Waals surface area contributed by atoms with Gasteiger partial charge in [0.1, 0.15) is 4.60 Å². The van der Waals surface area contributed by atoms with Gasteiger partial charge in [-0.15, -0.1) is 0 Å². The van der Waals surface area contributed by atoms with Crippen LogP contribution in [-0.4, -0.2) is 27.6 Å². The second kappa shape index (κ2) is 7.23. The van der Waals surface area contributed by atoms with Crippen LogP contribution in [0.5, 0.6) is 0 Å². The number of imidazole rings is 1. The summed E-state index contributed by atoms with van der Waals surface area (Å²) in [5, 5.41) is 11.7. The zero-order valence-corrected chi connectivity index (χ0v) is 12.2. The van der Waals surface area contributed by atoms with Crippen molar-refractivity contribution in [3.63, 3.8) is 0 Å². The van der Waals surface area contributed by atoms with Crippen LogP contribution in [0.25, 0.3) is 5.65 Å². The van der Waals surface area contributed by atoms with Crippen molar-refractivity contribution in [3.05, 3.63) is 23.1 Å². The van der Waals surface area contributed by atoms with Crippen LogP contribution in [0.2, 0.25) is 0 Å². The molecule has 2 heterocycles. The Morgan fingerprint density at radius 1 is 1.50 bits per heavy atom. The lowest BCUT2D eigenvalue weighted by Gasteiger charge is -2.07. The minimum Gasteiger partial charge on any atom is -0.396 e. The van der Waals surface area contributed by atoms with Gasteiger partial charge in [0.25, 0.3) is 0 Å². The normalized spacial score (nSPS) is 10.0. The number of halogens is 1. The van der Waals surface area contributed by atoms with Crippen LogP contribution in [0.1, 0.15) is 20.3 Å². The van der Waals surface area contributed by atoms with Gasteiger partial charge in [0.2, 0.25) is 0 Å². The standard InChI is InChI=1S/C9H11BrN4O.C3H8/c10-8-4-13-9-7(11)3-6(5-14(8)9)12-1-2-15;1-3-2/h3-5,12,15H,1-2,11H2;3H2,1-2H3. The molecule has 0 saturated carbocycles. The Morgan fingerprint density at radius 3 is 2.78 bits per heavy atom. The van der Waals surface area contributed by atoms with Gasteiger partial charge in [-0.3, -0.25) is 4.40 Å². The highest BCUT2D eigenvalue weighted by atomic mass is 79.9. The number of pyridine rings is 1. The lowest BCUT2D eigenvalue weighted by Crippen LogP contribution is -2.07. The quantitative estimate of drug-likeness (QED) is 0.813. The van der Waals surface area contributed by atoms with Crippen molar-refractivity contribution in [2.75, 3.05) is 24.2 Å². The molecule has 2 rings (SSSR count). The van der Waals surface area contributed by atoms with Crippen LogP contribution < -0.4 is 11.1 Å². The zero-order chi connectivity index (χ0) is 13.5. The summed E-state index contributed by atoms with van der Waals surface area (Å²) in [6, 6.07) is 1.80. The van der Waals surface area contributed by atoms with E-state index in [0.29, 0.717) is 12.2 Å². The maximum Gasteiger partial charge on any atom is 0.161 e. The van der Waals surface area contributed by atoms with Gasteiger partial charge in [0.05, 0.1) is 24.2 Å². The number of anilines is 2. The van der Waals surface area contributed by atoms with Gasteiger partial charge in [0.15, 0.2) is 5.65 Å². The minimum absolute atomic E-state index is 0.0863. The first-order chi connectivity index (χ1) is 8.63. The van der Waals surface area contributed by atoms with Crippen LogP contribution in [0.3, 0.4) is 0 Å². The second-order valence-electron chi connectivity index (χ2n) is 3.82. The first-order valence-electron chi connectivity index (χ1n) is 5.90. The molecule has 0 atom stereocenters. The summed E-state index contributed by atoms with van der Waals surface area (Å²) in [6.45, 7) is 4.83. The molecule has 2 aromatic rings. The third-order valence-corrected chi connectivity index (χ3v) is 2.62. The van der Waals surface area contributed by atoms with Crippen LogP contribution >= 0.6 is 15.9 Å². The smallest absolute Gasteiger partial charge is 0.161 e. The fraction of sp³-hybridized carbons (Fsp3) is 0.417. The van der Waals surface area contributed by atoms with Crippen molar-refractivity contribution >= 4 is 33.0 Å². The van der Waals surface area contributed by atoms with Crippen LogP contribution in [-0.2, 0) is 0 Å². The number of aromatic nitrogens is 2. The number of hydrogen-bond acceptors (Lipinski definition) is 4. The highest BCUT2D eigenvalue weighted by molar-refractivity contribution is 9.10. The van der Waals surface area contributed by atoms with Crippen molar-refractivity contribution in [1.82, 2.24) is 9.38 Å². The molecule has 0 radical (unpaired) electrons. The van der Waals surface area contributed by atoms with E-state index >= 15 is 0 Å². The number of nitrogens with one attached hydrogen (secondary N) is 1. The molecule has 0 spiro atoms. The maximum atomic E-state index is 8.70. The highest BCUT2D eigenvalue weighted by Gasteiger charge is 2.05. The van der Waals surface area contributed by atoms with E-state index in [1.165, 1.54) is 6.42 Å². The van der Waals surface area contributed by atoms with Crippen LogP contribution in [0.15, 0.2) is 23.1 Å². The van der Waals surface area contributed by atoms with Gasteiger partial charge >= 0.3 is 0 Å². The molecule has 18 heavy (non-hydrogen) atoms. The van der Waals surface area contributed by atoms with Crippen molar-refractivity contribution in [3.8, 4) is 0 Å². The largest absolute Gasteiger partial charge is 0.396 e. The van der Waals surface area contributed by atoms with Crippen LogP contribution in [0.4, 0.5) is 11.4 Å². The number of rotatable bonds is 3. The molecule has 4 N–H and O–H groups in total. The van der Waals surface area contributed by atoms with Crippen molar-refractivity contribution < 1.29 is 5.11 Å². The van der Waals surface area contributed by atoms with E-state index in [4.69, 9.17) is 10.8 Å². The number of aliphatic hydroxyl groups is 1. The molecule has 0 amide bonds. The Hall–Kier alpha value is -1.27. The lowest BCUT2D eigenvalue weighted by atomic mass is 10.3. The van der Waals surface area contributed by atoms with Gasteiger partial charge in [-0.2, -0.15) is 0 Å². The average molecular weight is 315 g/mol. The number of hydrogen-bond donors (Lipinski definition) is 3. The Balaban J connectivity index is 0.000000492. The van der Waals surface area contributed by atoms with Gasteiger partial charge in [-0.05, 0) is 22.0 Å². The SMILES string of the molecule is CCC.Nc1cc(NCCO)cn2c(Br)cnc12. The molecule has 0 aliphatic carbocycles. The molecule has 5 nitrogen and oxygen atoms in total. The number of fused-ring (bicyclic) bond motifs is 1. The maximum absolute atomic E-state index is 8.70. The van der Waals surface area contributed by atoms with E-state index in [0.717, 1.165) is 15.9 Å². The summed E-state index contributed by atoms with van der Waals surface area (Å²) in [4.78, 5) is 4.15. The van der Waals surface area contributed by atoms with Gasteiger partial charge in [0, 0.05) is 12.7 Å². The average Bonchev–Trinajstić information content (AvgIpc) is 2.70. The molecular formula is C12H19BrN4O. The van der Waals surface area contributed by atoms with Gasteiger partial charge in [-0.1, -0.05) is 20.3 Å². The van der Waals surface area contributed by atoms with E-state index in [-0.39, 0.29) is 6.61 Å². The molecule has 0 unspecified atom stereocenters. The topological polar surface area (TPSA) is 75.6 Å². The Bertz CT molecular complexity index is 498. The summed E-state index contributed by atoms with van der Waals surface area (Å²) < 4.78 is 2.69. The lowest BCUT2D eigenvalue weighted by molar-refractivity contribution is 0.311. The number of nitrogens with two attached hydrogens (primary N) is 1. The molecule has 100 valence electrons. The van der Waals surface area contributed by atoms with Crippen molar-refractivity contribution in [1.29, 1.82) is 0 Å². The van der Waals surface area contributed by atoms with Crippen molar-refractivity contribution in [2.45, 2.75) is 20.3 Å². The number of nitrogen functional groups attached to an aromatic ring is 1. The molecule has 0 fully saturated rings. The molecule has 0 aliphatic rings. The molecule has 0 aliphatic heterocycles. The Labute approximate surface area is 115 Å². The van der Waals surface area contributed by atoms with Gasteiger partial charge in [-0.25, -0.2) is 4.98 Å². The summed E-state index contributed by atoms with van der Waals surface area (Å²) >= 11 is 3.37.